The number of benzene rings is 1. The first-order valence-electron chi connectivity index (χ1n) is 5.21. The second-order valence-corrected chi connectivity index (χ2v) is 3.80. The van der Waals surface area contributed by atoms with Crippen LogP contribution in [0.2, 0.25) is 0 Å². The molecule has 0 fully saturated rings. The van der Waals surface area contributed by atoms with Gasteiger partial charge in [-0.3, -0.25) is 0 Å². The van der Waals surface area contributed by atoms with Crippen LogP contribution in [0.3, 0.4) is 0 Å². The molecule has 0 saturated carbocycles. The monoisotopic (exact) mass is 209 g/mol. The van der Waals surface area contributed by atoms with Crippen LogP contribution in [-0.4, -0.2) is 24.4 Å². The summed E-state index contributed by atoms with van der Waals surface area (Å²) in [5.41, 5.74) is 7.59. The molecule has 0 heterocycles. The zero-order valence-corrected chi connectivity index (χ0v) is 9.36. The Morgan fingerprint density at radius 2 is 2.13 bits per heavy atom. The Hall–Kier alpha value is -1.06. The van der Waals surface area contributed by atoms with Gasteiger partial charge in [0.15, 0.2) is 0 Å². The van der Waals surface area contributed by atoms with Crippen LogP contribution in [0.15, 0.2) is 18.2 Å². The van der Waals surface area contributed by atoms with E-state index in [9.17, 15) is 5.11 Å². The second-order valence-electron chi connectivity index (χ2n) is 3.80. The van der Waals surface area contributed by atoms with Gasteiger partial charge in [0.1, 0.15) is 5.75 Å². The molecule has 0 saturated heterocycles. The number of aliphatic hydroxyl groups excluding tert-OH is 1. The van der Waals surface area contributed by atoms with Crippen molar-refractivity contribution in [3.8, 4) is 5.75 Å². The molecule has 0 bridgehead atoms. The van der Waals surface area contributed by atoms with Crippen LogP contribution < -0.4 is 10.5 Å². The molecule has 84 valence electrons. The molecule has 0 spiro atoms. The lowest BCUT2D eigenvalue weighted by Crippen LogP contribution is -2.22. The van der Waals surface area contributed by atoms with Crippen LogP contribution in [0.1, 0.15) is 17.5 Å². The number of nitrogens with two attached hydrogens (primary N) is 1. The summed E-state index contributed by atoms with van der Waals surface area (Å²) in [7, 11) is 0. The molecule has 1 aromatic carbocycles. The third-order valence-electron chi connectivity index (χ3n) is 2.32. The van der Waals surface area contributed by atoms with Crippen molar-refractivity contribution < 1.29 is 9.84 Å². The summed E-state index contributed by atoms with van der Waals surface area (Å²) >= 11 is 0. The molecule has 1 rings (SSSR count). The van der Waals surface area contributed by atoms with Crippen LogP contribution in [0.25, 0.3) is 0 Å². The number of aryl methyl sites for hydroxylation is 2. The van der Waals surface area contributed by atoms with E-state index in [1.807, 2.05) is 26.0 Å². The number of hydrogen-bond acceptors (Lipinski definition) is 3. The standard InChI is InChI=1S/C12H19NO2/c1-9-3-4-10(2)12(7-9)15-6-5-11(14)8-13/h3-4,7,11,14H,5-6,8,13H2,1-2H3. The maximum atomic E-state index is 9.25. The Bertz CT molecular complexity index is 312. The van der Waals surface area contributed by atoms with Gasteiger partial charge in [0.25, 0.3) is 0 Å². The van der Waals surface area contributed by atoms with E-state index in [1.165, 1.54) is 5.56 Å². The molecule has 0 aliphatic heterocycles. The van der Waals surface area contributed by atoms with Crippen molar-refractivity contribution in [2.75, 3.05) is 13.2 Å². The maximum Gasteiger partial charge on any atom is 0.122 e. The molecule has 1 atom stereocenters. The van der Waals surface area contributed by atoms with E-state index in [0.29, 0.717) is 13.0 Å². The average Bonchev–Trinajstić information content (AvgIpc) is 2.23. The predicted molar refractivity (Wildman–Crippen MR) is 61.1 cm³/mol. The van der Waals surface area contributed by atoms with Gasteiger partial charge < -0.3 is 15.6 Å². The molecule has 3 heteroatoms. The number of ether oxygens (including phenoxy) is 1. The minimum atomic E-state index is -0.463. The summed E-state index contributed by atoms with van der Waals surface area (Å²) in [5, 5.41) is 9.25. The third-order valence-corrected chi connectivity index (χ3v) is 2.32. The van der Waals surface area contributed by atoms with Crippen LogP contribution >= 0.6 is 0 Å². The molecule has 0 aliphatic carbocycles. The minimum Gasteiger partial charge on any atom is -0.493 e. The van der Waals surface area contributed by atoms with Crippen molar-refractivity contribution in [1.29, 1.82) is 0 Å². The van der Waals surface area contributed by atoms with Gasteiger partial charge in [-0.05, 0) is 31.0 Å². The van der Waals surface area contributed by atoms with Crippen molar-refractivity contribution in [2.45, 2.75) is 26.4 Å². The first-order valence-corrected chi connectivity index (χ1v) is 5.21. The van der Waals surface area contributed by atoms with Crippen molar-refractivity contribution in [3.05, 3.63) is 29.3 Å². The molecular formula is C12H19NO2. The quantitative estimate of drug-likeness (QED) is 0.770. The van der Waals surface area contributed by atoms with Gasteiger partial charge in [-0.15, -0.1) is 0 Å². The summed E-state index contributed by atoms with van der Waals surface area (Å²) in [4.78, 5) is 0. The highest BCUT2D eigenvalue weighted by Gasteiger charge is 2.03. The van der Waals surface area contributed by atoms with E-state index in [4.69, 9.17) is 10.5 Å². The molecule has 3 N–H and O–H groups in total. The Kier molecular flexibility index (Phi) is 4.59. The van der Waals surface area contributed by atoms with Gasteiger partial charge in [0, 0.05) is 13.0 Å². The zero-order valence-electron chi connectivity index (χ0n) is 9.36. The van der Waals surface area contributed by atoms with Gasteiger partial charge in [-0.1, -0.05) is 12.1 Å². The van der Waals surface area contributed by atoms with Gasteiger partial charge in [0.2, 0.25) is 0 Å². The number of aliphatic hydroxyl groups is 1. The minimum absolute atomic E-state index is 0.288. The second kappa shape index (κ2) is 5.73. The Morgan fingerprint density at radius 1 is 1.40 bits per heavy atom. The molecule has 1 aromatic rings. The Morgan fingerprint density at radius 3 is 2.80 bits per heavy atom. The van der Waals surface area contributed by atoms with Gasteiger partial charge >= 0.3 is 0 Å². The van der Waals surface area contributed by atoms with Crippen LogP contribution in [-0.2, 0) is 0 Å². The highest BCUT2D eigenvalue weighted by atomic mass is 16.5. The molecule has 0 aliphatic rings. The normalized spacial score (nSPS) is 12.5. The topological polar surface area (TPSA) is 55.5 Å². The summed E-state index contributed by atoms with van der Waals surface area (Å²) in [5.74, 6) is 0.888. The molecule has 15 heavy (non-hydrogen) atoms. The van der Waals surface area contributed by atoms with E-state index < -0.39 is 6.10 Å². The van der Waals surface area contributed by atoms with Crippen LogP contribution in [0.4, 0.5) is 0 Å². The van der Waals surface area contributed by atoms with E-state index >= 15 is 0 Å². The fourth-order valence-electron chi connectivity index (χ4n) is 1.29. The van der Waals surface area contributed by atoms with Gasteiger partial charge in [-0.25, -0.2) is 0 Å². The fourth-order valence-corrected chi connectivity index (χ4v) is 1.29. The molecule has 3 nitrogen and oxygen atoms in total. The Labute approximate surface area is 90.9 Å². The van der Waals surface area contributed by atoms with E-state index in [1.54, 1.807) is 0 Å². The average molecular weight is 209 g/mol. The largest absolute Gasteiger partial charge is 0.493 e. The first kappa shape index (κ1) is 12.0. The van der Waals surface area contributed by atoms with E-state index in [2.05, 4.69) is 6.07 Å². The van der Waals surface area contributed by atoms with Crippen LogP contribution in [0.5, 0.6) is 5.75 Å². The van der Waals surface area contributed by atoms with E-state index in [0.717, 1.165) is 11.3 Å². The van der Waals surface area contributed by atoms with Crippen LogP contribution in [0, 0.1) is 13.8 Å². The lowest BCUT2D eigenvalue weighted by Gasteiger charge is -2.11. The van der Waals surface area contributed by atoms with Gasteiger partial charge in [-0.2, -0.15) is 0 Å². The number of hydrogen-bond donors (Lipinski definition) is 2. The first-order chi connectivity index (χ1) is 7.13. The zero-order chi connectivity index (χ0) is 11.3. The van der Waals surface area contributed by atoms with Crippen molar-refractivity contribution in [2.24, 2.45) is 5.73 Å². The summed E-state index contributed by atoms with van der Waals surface area (Å²) in [6.07, 6.45) is 0.110. The number of rotatable bonds is 5. The summed E-state index contributed by atoms with van der Waals surface area (Å²) in [6, 6.07) is 6.09. The predicted octanol–water partition coefficient (Wildman–Crippen LogP) is 1.39. The molecule has 0 amide bonds. The highest BCUT2D eigenvalue weighted by molar-refractivity contribution is 5.35. The lowest BCUT2D eigenvalue weighted by molar-refractivity contribution is 0.146. The SMILES string of the molecule is Cc1ccc(C)c(OCCC(O)CN)c1. The highest BCUT2D eigenvalue weighted by Crippen LogP contribution is 2.19. The molecule has 0 radical (unpaired) electrons. The van der Waals surface area contributed by atoms with Crippen molar-refractivity contribution >= 4 is 0 Å². The molecular weight excluding hydrogens is 190 g/mol. The lowest BCUT2D eigenvalue weighted by atomic mass is 10.1. The molecule has 1 unspecified atom stereocenters. The van der Waals surface area contributed by atoms with Crippen molar-refractivity contribution in [3.63, 3.8) is 0 Å². The fraction of sp³-hybridized carbons (Fsp3) is 0.500. The Balaban J connectivity index is 2.46. The smallest absolute Gasteiger partial charge is 0.122 e. The maximum absolute atomic E-state index is 9.25. The summed E-state index contributed by atoms with van der Waals surface area (Å²) in [6.45, 7) is 4.83. The third kappa shape index (κ3) is 3.90. The molecule has 0 aromatic heterocycles. The van der Waals surface area contributed by atoms with Crippen molar-refractivity contribution in [1.82, 2.24) is 0 Å². The van der Waals surface area contributed by atoms with E-state index in [-0.39, 0.29) is 6.54 Å². The summed E-state index contributed by atoms with van der Waals surface area (Å²) < 4.78 is 5.57. The van der Waals surface area contributed by atoms with Gasteiger partial charge in [0.05, 0.1) is 12.7 Å².